The van der Waals surface area contributed by atoms with E-state index in [1.807, 2.05) is 36.4 Å². The molecule has 6 nitrogen and oxygen atoms in total. The van der Waals surface area contributed by atoms with Gasteiger partial charge < -0.3 is 15.0 Å². The van der Waals surface area contributed by atoms with Gasteiger partial charge in [-0.1, -0.05) is 30.3 Å². The molecule has 4 rings (SSSR count). The van der Waals surface area contributed by atoms with E-state index >= 15 is 0 Å². The summed E-state index contributed by atoms with van der Waals surface area (Å²) in [4.78, 5) is 30.9. The van der Waals surface area contributed by atoms with Gasteiger partial charge in [-0.15, -0.1) is 11.3 Å². The number of hydrogen-bond acceptors (Lipinski definition) is 5. The fraction of sp³-hybridized carbons (Fsp3) is 0.250. The van der Waals surface area contributed by atoms with E-state index in [0.717, 1.165) is 21.7 Å². The van der Waals surface area contributed by atoms with Crippen LogP contribution in [0.2, 0.25) is 0 Å². The smallest absolute Gasteiger partial charge is 0.261 e. The molecule has 1 fully saturated rings. The SMILES string of the molecule is O=C(Nc1nccs1)C1CCCN1C(=O)COc1ccc2ccccc2c1Br. The van der Waals surface area contributed by atoms with Crippen LogP contribution in [0.4, 0.5) is 5.13 Å². The number of ether oxygens (including phenoxy) is 1. The van der Waals surface area contributed by atoms with Crippen molar-refractivity contribution in [3.8, 4) is 5.75 Å². The second kappa shape index (κ2) is 8.28. The number of fused-ring (bicyclic) bond motifs is 1. The number of thiazole rings is 1. The van der Waals surface area contributed by atoms with Crippen LogP contribution < -0.4 is 10.1 Å². The number of halogens is 1. The molecule has 2 aromatic carbocycles. The van der Waals surface area contributed by atoms with Crippen molar-refractivity contribution in [1.29, 1.82) is 0 Å². The normalized spacial score (nSPS) is 16.3. The van der Waals surface area contributed by atoms with Crippen molar-refractivity contribution in [2.75, 3.05) is 18.5 Å². The zero-order chi connectivity index (χ0) is 19.5. The van der Waals surface area contributed by atoms with Crippen molar-refractivity contribution < 1.29 is 14.3 Å². The first-order chi connectivity index (χ1) is 13.6. The number of anilines is 1. The van der Waals surface area contributed by atoms with Crippen molar-refractivity contribution in [3.63, 3.8) is 0 Å². The van der Waals surface area contributed by atoms with Crippen molar-refractivity contribution in [2.45, 2.75) is 18.9 Å². The lowest BCUT2D eigenvalue weighted by atomic mass is 10.1. The third kappa shape index (κ3) is 3.88. The topological polar surface area (TPSA) is 71.5 Å². The van der Waals surface area contributed by atoms with Crippen LogP contribution in [0.15, 0.2) is 52.4 Å². The van der Waals surface area contributed by atoms with Crippen molar-refractivity contribution >= 4 is 55.0 Å². The van der Waals surface area contributed by atoms with E-state index in [1.54, 1.807) is 16.5 Å². The molecule has 1 saturated heterocycles. The fourth-order valence-electron chi connectivity index (χ4n) is 3.36. The standard InChI is InChI=1S/C20H18BrN3O3S/c21-18-14-5-2-1-4-13(14)7-8-16(18)27-12-17(25)24-10-3-6-15(24)19(26)23-20-22-9-11-28-20/h1-2,4-5,7-9,11,15H,3,6,10,12H2,(H,22,23,26). The summed E-state index contributed by atoms with van der Waals surface area (Å²) in [5, 5.41) is 7.23. The monoisotopic (exact) mass is 459 g/mol. The molecule has 0 spiro atoms. The highest BCUT2D eigenvalue weighted by Gasteiger charge is 2.34. The maximum atomic E-state index is 12.7. The summed E-state index contributed by atoms with van der Waals surface area (Å²) in [5.74, 6) is 0.208. The van der Waals surface area contributed by atoms with Crippen molar-refractivity contribution in [1.82, 2.24) is 9.88 Å². The van der Waals surface area contributed by atoms with E-state index in [0.29, 0.717) is 23.8 Å². The molecule has 8 heteroatoms. The molecule has 1 aromatic heterocycles. The lowest BCUT2D eigenvalue weighted by Crippen LogP contribution is -2.45. The number of amides is 2. The number of carbonyl (C=O) groups excluding carboxylic acids is 2. The van der Waals surface area contributed by atoms with Crippen LogP contribution in [0.25, 0.3) is 10.8 Å². The summed E-state index contributed by atoms with van der Waals surface area (Å²) in [6.45, 7) is 0.439. The van der Waals surface area contributed by atoms with Crippen LogP contribution in [0.5, 0.6) is 5.75 Å². The van der Waals surface area contributed by atoms with Gasteiger partial charge in [-0.2, -0.15) is 0 Å². The molecule has 1 atom stereocenters. The largest absolute Gasteiger partial charge is 0.483 e. The molecule has 1 aliphatic heterocycles. The maximum Gasteiger partial charge on any atom is 0.261 e. The summed E-state index contributed by atoms with van der Waals surface area (Å²) in [6.07, 6.45) is 3.07. The number of carbonyl (C=O) groups is 2. The molecule has 1 aliphatic rings. The van der Waals surface area contributed by atoms with Gasteiger partial charge in [0.1, 0.15) is 11.8 Å². The number of benzene rings is 2. The number of hydrogen-bond donors (Lipinski definition) is 1. The Morgan fingerprint density at radius 3 is 2.96 bits per heavy atom. The predicted octanol–water partition coefficient (Wildman–Crippen LogP) is 4.07. The second-order valence-electron chi connectivity index (χ2n) is 6.46. The summed E-state index contributed by atoms with van der Waals surface area (Å²) >= 11 is 4.92. The molecule has 0 bridgehead atoms. The second-order valence-corrected chi connectivity index (χ2v) is 8.15. The molecule has 144 valence electrons. The van der Waals surface area contributed by atoms with Gasteiger partial charge in [-0.05, 0) is 45.6 Å². The predicted molar refractivity (Wildman–Crippen MR) is 113 cm³/mol. The zero-order valence-electron chi connectivity index (χ0n) is 14.9. The van der Waals surface area contributed by atoms with Crippen molar-refractivity contribution in [3.05, 3.63) is 52.4 Å². The molecule has 0 saturated carbocycles. The van der Waals surface area contributed by atoms with Gasteiger partial charge in [-0.25, -0.2) is 4.98 Å². The van der Waals surface area contributed by atoms with Crippen LogP contribution in [0.3, 0.4) is 0 Å². The summed E-state index contributed by atoms with van der Waals surface area (Å²) in [7, 11) is 0. The molecule has 0 aliphatic carbocycles. The van der Waals surface area contributed by atoms with Crippen LogP contribution in [-0.2, 0) is 9.59 Å². The Balaban J connectivity index is 1.41. The van der Waals surface area contributed by atoms with E-state index in [9.17, 15) is 9.59 Å². The fourth-order valence-corrected chi connectivity index (χ4v) is 4.50. The molecule has 1 unspecified atom stereocenters. The Hall–Kier alpha value is -2.45. The Morgan fingerprint density at radius 2 is 2.14 bits per heavy atom. The Morgan fingerprint density at radius 1 is 1.29 bits per heavy atom. The lowest BCUT2D eigenvalue weighted by molar-refractivity contribution is -0.138. The lowest BCUT2D eigenvalue weighted by Gasteiger charge is -2.23. The Bertz CT molecular complexity index is 1010. The van der Waals surface area contributed by atoms with Gasteiger partial charge in [0.2, 0.25) is 5.91 Å². The van der Waals surface area contributed by atoms with Crippen LogP contribution in [0.1, 0.15) is 12.8 Å². The highest BCUT2D eigenvalue weighted by Crippen LogP contribution is 2.33. The highest BCUT2D eigenvalue weighted by molar-refractivity contribution is 9.10. The number of nitrogens with one attached hydrogen (secondary N) is 1. The minimum atomic E-state index is -0.486. The molecule has 0 radical (unpaired) electrons. The summed E-state index contributed by atoms with van der Waals surface area (Å²) in [5.41, 5.74) is 0. The molecular weight excluding hydrogens is 442 g/mol. The first kappa shape index (κ1) is 18.9. The molecule has 1 N–H and O–H groups in total. The van der Waals surface area contributed by atoms with Gasteiger partial charge in [0.15, 0.2) is 11.7 Å². The number of rotatable bonds is 5. The maximum absolute atomic E-state index is 12.7. The first-order valence-electron chi connectivity index (χ1n) is 8.93. The number of nitrogens with zero attached hydrogens (tertiary/aromatic N) is 2. The molecule has 28 heavy (non-hydrogen) atoms. The molecule has 3 aromatic rings. The highest BCUT2D eigenvalue weighted by atomic mass is 79.9. The Kier molecular flexibility index (Phi) is 5.59. The van der Waals surface area contributed by atoms with E-state index in [4.69, 9.17) is 4.74 Å². The van der Waals surface area contributed by atoms with E-state index in [-0.39, 0.29) is 18.4 Å². The quantitative estimate of drug-likeness (QED) is 0.623. The Labute approximate surface area is 174 Å². The third-order valence-corrected chi connectivity index (χ3v) is 6.22. The van der Waals surface area contributed by atoms with Gasteiger partial charge in [0.25, 0.3) is 5.91 Å². The van der Waals surface area contributed by atoms with Crippen LogP contribution in [0, 0.1) is 0 Å². The molecular formula is C20H18BrN3O3S. The summed E-state index contributed by atoms with van der Waals surface area (Å²) < 4.78 is 6.59. The number of aromatic nitrogens is 1. The van der Waals surface area contributed by atoms with Gasteiger partial charge in [-0.3, -0.25) is 9.59 Å². The molecule has 2 heterocycles. The minimum absolute atomic E-state index is 0.113. The van der Waals surface area contributed by atoms with Gasteiger partial charge in [0, 0.05) is 18.1 Å². The van der Waals surface area contributed by atoms with Crippen LogP contribution in [-0.4, -0.2) is 40.9 Å². The van der Waals surface area contributed by atoms with Crippen molar-refractivity contribution in [2.24, 2.45) is 0 Å². The average molecular weight is 460 g/mol. The van der Waals surface area contributed by atoms with Gasteiger partial charge >= 0.3 is 0 Å². The third-order valence-electron chi connectivity index (χ3n) is 4.72. The summed E-state index contributed by atoms with van der Waals surface area (Å²) in [6, 6.07) is 11.3. The zero-order valence-corrected chi connectivity index (χ0v) is 17.3. The first-order valence-corrected chi connectivity index (χ1v) is 10.6. The minimum Gasteiger partial charge on any atom is -0.483 e. The van der Waals surface area contributed by atoms with E-state index < -0.39 is 6.04 Å². The average Bonchev–Trinajstić information content (AvgIpc) is 3.39. The van der Waals surface area contributed by atoms with Crippen LogP contribution >= 0.6 is 27.3 Å². The van der Waals surface area contributed by atoms with Gasteiger partial charge in [0.05, 0.1) is 4.47 Å². The van der Waals surface area contributed by atoms with E-state index in [1.165, 1.54) is 11.3 Å². The molecule has 2 amide bonds. The van der Waals surface area contributed by atoms with E-state index in [2.05, 4.69) is 26.2 Å². The number of likely N-dealkylation sites (tertiary alicyclic amines) is 1.